The van der Waals surface area contributed by atoms with Crippen LogP contribution >= 0.6 is 0 Å². The van der Waals surface area contributed by atoms with Gasteiger partial charge < -0.3 is 4.74 Å². The van der Waals surface area contributed by atoms with Crippen LogP contribution in [0.15, 0.2) is 30.6 Å². The van der Waals surface area contributed by atoms with Crippen LogP contribution in [0, 0.1) is 5.82 Å². The molecule has 3 nitrogen and oxygen atoms in total. The smallest absolute Gasteiger partial charge is 0.165 e. The Morgan fingerprint density at radius 2 is 1.95 bits per heavy atom. The molecule has 0 aliphatic carbocycles. The first kappa shape index (κ1) is 15.4. The summed E-state index contributed by atoms with van der Waals surface area (Å²) in [6.45, 7) is 4.70. The highest BCUT2D eigenvalue weighted by atomic mass is 19.1. The van der Waals surface area contributed by atoms with Crippen LogP contribution in [0.3, 0.4) is 0 Å². The minimum Gasteiger partial charge on any atom is -0.491 e. The third kappa shape index (κ3) is 4.25. The molecule has 0 aliphatic heterocycles. The Labute approximate surface area is 125 Å². The van der Waals surface area contributed by atoms with E-state index >= 15 is 0 Å². The molecule has 0 fully saturated rings. The Kier molecular flexibility index (Phi) is 5.67. The van der Waals surface area contributed by atoms with E-state index in [-0.39, 0.29) is 5.82 Å². The molecule has 0 unspecified atom stereocenters. The molecule has 1 aromatic carbocycles. The lowest BCUT2D eigenvalue weighted by atomic mass is 10.1. The summed E-state index contributed by atoms with van der Waals surface area (Å²) in [4.78, 5) is 8.59. The summed E-state index contributed by atoms with van der Waals surface area (Å²) in [6.07, 6.45) is 7.40. The van der Waals surface area contributed by atoms with Crippen molar-refractivity contribution in [3.8, 4) is 17.0 Å². The third-order valence-electron chi connectivity index (χ3n) is 3.30. The van der Waals surface area contributed by atoms with E-state index in [1.807, 2.05) is 13.0 Å². The maximum absolute atomic E-state index is 14.0. The summed E-state index contributed by atoms with van der Waals surface area (Å²) in [5.74, 6) is -0.0571. The maximum atomic E-state index is 14.0. The van der Waals surface area contributed by atoms with Gasteiger partial charge in [0, 0.05) is 11.8 Å². The molecule has 112 valence electrons. The van der Waals surface area contributed by atoms with Crippen molar-refractivity contribution >= 4 is 0 Å². The molecule has 0 saturated carbocycles. The lowest BCUT2D eigenvalue weighted by Gasteiger charge is -2.08. The minimum absolute atomic E-state index is 0.299. The van der Waals surface area contributed by atoms with Crippen LogP contribution in [0.5, 0.6) is 5.75 Å². The Balaban J connectivity index is 2.06. The second-order valence-electron chi connectivity index (χ2n) is 4.95. The number of hydrogen-bond acceptors (Lipinski definition) is 3. The number of nitrogens with zero attached hydrogens (tertiary/aromatic N) is 2. The molecule has 2 aromatic rings. The van der Waals surface area contributed by atoms with E-state index in [0.717, 1.165) is 31.4 Å². The van der Waals surface area contributed by atoms with Gasteiger partial charge in [0.1, 0.15) is 0 Å². The van der Waals surface area contributed by atoms with Gasteiger partial charge in [-0.3, -0.25) is 9.97 Å². The minimum atomic E-state index is -0.356. The fourth-order valence-electron chi connectivity index (χ4n) is 2.00. The number of ether oxygens (including phenoxy) is 1. The van der Waals surface area contributed by atoms with Gasteiger partial charge in [0.2, 0.25) is 0 Å². The van der Waals surface area contributed by atoms with E-state index < -0.39 is 0 Å². The number of unbranched alkanes of at least 4 members (excludes halogenated alkanes) is 2. The zero-order chi connectivity index (χ0) is 15.1. The number of rotatable bonds is 7. The van der Waals surface area contributed by atoms with E-state index in [1.165, 1.54) is 6.07 Å². The van der Waals surface area contributed by atoms with E-state index in [1.54, 1.807) is 18.5 Å². The fraction of sp³-hybridized carbons (Fsp3) is 0.412. The summed E-state index contributed by atoms with van der Waals surface area (Å²) in [7, 11) is 0. The zero-order valence-electron chi connectivity index (χ0n) is 12.6. The SMILES string of the molecule is CCCCCOc1ccc(-c2cnc(CC)cn2)cc1F. The van der Waals surface area contributed by atoms with Gasteiger partial charge in [-0.1, -0.05) is 26.7 Å². The molecular weight excluding hydrogens is 267 g/mol. The van der Waals surface area contributed by atoms with Crippen molar-refractivity contribution in [2.45, 2.75) is 39.5 Å². The molecule has 0 N–H and O–H groups in total. The Morgan fingerprint density at radius 1 is 1.10 bits per heavy atom. The number of aromatic nitrogens is 2. The molecule has 21 heavy (non-hydrogen) atoms. The van der Waals surface area contributed by atoms with Crippen LogP contribution < -0.4 is 4.74 Å². The van der Waals surface area contributed by atoms with Crippen molar-refractivity contribution in [1.82, 2.24) is 9.97 Å². The quantitative estimate of drug-likeness (QED) is 0.708. The first-order valence-electron chi connectivity index (χ1n) is 7.48. The van der Waals surface area contributed by atoms with Crippen molar-refractivity contribution in [3.05, 3.63) is 42.1 Å². The zero-order valence-corrected chi connectivity index (χ0v) is 12.6. The fourth-order valence-corrected chi connectivity index (χ4v) is 2.00. The van der Waals surface area contributed by atoms with E-state index in [9.17, 15) is 4.39 Å². The van der Waals surface area contributed by atoms with Crippen molar-refractivity contribution < 1.29 is 9.13 Å². The molecule has 0 atom stereocenters. The second kappa shape index (κ2) is 7.72. The topological polar surface area (TPSA) is 35.0 Å². The Bertz CT molecular complexity index is 570. The predicted octanol–water partition coefficient (Wildman–Crippen LogP) is 4.41. The summed E-state index contributed by atoms with van der Waals surface area (Å²) < 4.78 is 19.5. The Morgan fingerprint density at radius 3 is 2.57 bits per heavy atom. The highest BCUT2D eigenvalue weighted by Gasteiger charge is 2.07. The molecule has 1 aromatic heterocycles. The Hall–Kier alpha value is -1.97. The third-order valence-corrected chi connectivity index (χ3v) is 3.30. The van der Waals surface area contributed by atoms with Crippen LogP contribution in [-0.4, -0.2) is 16.6 Å². The first-order chi connectivity index (χ1) is 10.2. The molecule has 1 heterocycles. The average molecular weight is 288 g/mol. The second-order valence-corrected chi connectivity index (χ2v) is 4.95. The van der Waals surface area contributed by atoms with Gasteiger partial charge in [-0.2, -0.15) is 0 Å². The van der Waals surface area contributed by atoms with Crippen molar-refractivity contribution in [2.24, 2.45) is 0 Å². The van der Waals surface area contributed by atoms with Crippen molar-refractivity contribution in [1.29, 1.82) is 0 Å². The first-order valence-corrected chi connectivity index (χ1v) is 7.48. The molecular formula is C17H21FN2O. The van der Waals surface area contributed by atoms with Gasteiger partial charge in [0.25, 0.3) is 0 Å². The highest BCUT2D eigenvalue weighted by molar-refractivity contribution is 5.59. The van der Waals surface area contributed by atoms with Crippen LogP contribution in [0.25, 0.3) is 11.3 Å². The molecule has 0 amide bonds. The highest BCUT2D eigenvalue weighted by Crippen LogP contribution is 2.24. The van der Waals surface area contributed by atoms with Gasteiger partial charge in [-0.05, 0) is 31.0 Å². The van der Waals surface area contributed by atoms with Crippen molar-refractivity contribution in [2.75, 3.05) is 6.61 Å². The molecule has 0 saturated heterocycles. The lowest BCUT2D eigenvalue weighted by molar-refractivity contribution is 0.291. The van der Waals surface area contributed by atoms with E-state index in [0.29, 0.717) is 23.6 Å². The van der Waals surface area contributed by atoms with E-state index in [4.69, 9.17) is 4.74 Å². The summed E-state index contributed by atoms with van der Waals surface area (Å²) in [5.41, 5.74) is 2.31. The molecule has 2 rings (SSSR count). The van der Waals surface area contributed by atoms with Gasteiger partial charge in [0.05, 0.1) is 24.2 Å². The van der Waals surface area contributed by atoms with Crippen LogP contribution in [0.2, 0.25) is 0 Å². The summed E-state index contributed by atoms with van der Waals surface area (Å²) in [5, 5.41) is 0. The molecule has 0 spiro atoms. The van der Waals surface area contributed by atoms with Crippen LogP contribution in [0.1, 0.15) is 38.8 Å². The van der Waals surface area contributed by atoms with Crippen LogP contribution in [0.4, 0.5) is 4.39 Å². The van der Waals surface area contributed by atoms with Gasteiger partial charge >= 0.3 is 0 Å². The lowest BCUT2D eigenvalue weighted by Crippen LogP contribution is -1.99. The largest absolute Gasteiger partial charge is 0.491 e. The average Bonchev–Trinajstić information content (AvgIpc) is 2.53. The standard InChI is InChI=1S/C17H21FN2O/c1-3-5-6-9-21-17-8-7-13(10-15(17)18)16-12-19-14(4-2)11-20-16/h7-8,10-12H,3-6,9H2,1-2H3. The number of hydrogen-bond donors (Lipinski definition) is 0. The predicted molar refractivity (Wildman–Crippen MR) is 81.8 cm³/mol. The normalized spacial score (nSPS) is 10.6. The van der Waals surface area contributed by atoms with Gasteiger partial charge in [-0.25, -0.2) is 4.39 Å². The van der Waals surface area contributed by atoms with Crippen molar-refractivity contribution in [3.63, 3.8) is 0 Å². The number of halogens is 1. The summed E-state index contributed by atoms with van der Waals surface area (Å²) >= 11 is 0. The van der Waals surface area contributed by atoms with Crippen LogP contribution in [-0.2, 0) is 6.42 Å². The number of benzene rings is 1. The van der Waals surface area contributed by atoms with Gasteiger partial charge in [0.15, 0.2) is 11.6 Å². The number of aryl methyl sites for hydroxylation is 1. The van der Waals surface area contributed by atoms with E-state index in [2.05, 4.69) is 16.9 Å². The maximum Gasteiger partial charge on any atom is 0.165 e. The summed E-state index contributed by atoms with van der Waals surface area (Å²) in [6, 6.07) is 4.92. The van der Waals surface area contributed by atoms with Gasteiger partial charge in [-0.15, -0.1) is 0 Å². The molecule has 0 bridgehead atoms. The molecule has 0 aliphatic rings. The molecule has 0 radical (unpaired) electrons. The monoisotopic (exact) mass is 288 g/mol. The molecule has 4 heteroatoms.